The number of pyridine rings is 1. The van der Waals surface area contributed by atoms with Crippen LogP contribution in [0, 0.1) is 0 Å². The first kappa shape index (κ1) is 9.20. The molecule has 1 aromatic heterocycles. The average molecular weight is 203 g/mol. The van der Waals surface area contributed by atoms with Crippen molar-refractivity contribution in [3.63, 3.8) is 0 Å². The molecule has 1 heterocycles. The molecule has 3 nitrogen and oxygen atoms in total. The number of hydrogen-bond donors (Lipinski definition) is 0. The van der Waals surface area contributed by atoms with Crippen LogP contribution in [0.3, 0.4) is 0 Å². The molecule has 62 valence electrons. The van der Waals surface area contributed by atoms with Crippen molar-refractivity contribution in [2.24, 2.45) is 4.99 Å². The number of rotatable bonds is 2. The third-order valence-electron chi connectivity index (χ3n) is 1.19. The third kappa shape index (κ3) is 2.31. The van der Waals surface area contributed by atoms with Crippen LogP contribution in [-0.4, -0.2) is 11.1 Å². The highest BCUT2D eigenvalue weighted by Gasteiger charge is 2.04. The lowest BCUT2D eigenvalue weighted by Crippen LogP contribution is -1.87. The summed E-state index contributed by atoms with van der Waals surface area (Å²) < 4.78 is 0. The predicted molar refractivity (Wildman–Crippen MR) is 46.0 cm³/mol. The fourth-order valence-corrected chi connectivity index (χ4v) is 0.930. The maximum Gasteiger partial charge on any atom is 0.236 e. The highest BCUT2D eigenvalue weighted by molar-refractivity contribution is 6.29. The van der Waals surface area contributed by atoms with Gasteiger partial charge in [-0.1, -0.05) is 29.3 Å². The summed E-state index contributed by atoms with van der Waals surface area (Å²) in [6, 6.07) is 3.22. The summed E-state index contributed by atoms with van der Waals surface area (Å²) in [4.78, 5) is 16.9. The molecule has 1 rings (SSSR count). The van der Waals surface area contributed by atoms with E-state index >= 15 is 0 Å². The molecule has 0 radical (unpaired) electrons. The number of nitrogens with zero attached hydrogens (tertiary/aromatic N) is 2. The summed E-state index contributed by atoms with van der Waals surface area (Å²) in [5.41, 5.74) is -0.114. The first-order chi connectivity index (χ1) is 5.74. The summed E-state index contributed by atoms with van der Waals surface area (Å²) in [5, 5.41) is 0.373. The Morgan fingerprint density at radius 3 is 2.83 bits per heavy atom. The van der Waals surface area contributed by atoms with Crippen molar-refractivity contribution in [1.82, 2.24) is 4.98 Å². The van der Waals surface area contributed by atoms with Gasteiger partial charge in [-0.15, -0.1) is 0 Å². The maximum atomic E-state index is 9.83. The zero-order valence-electron chi connectivity index (χ0n) is 5.87. The van der Waals surface area contributed by atoms with E-state index in [9.17, 15) is 4.79 Å². The highest BCUT2D eigenvalue weighted by Crippen LogP contribution is 2.20. The molecule has 0 unspecified atom stereocenters. The van der Waals surface area contributed by atoms with Crippen LogP contribution >= 0.6 is 23.2 Å². The van der Waals surface area contributed by atoms with Crippen molar-refractivity contribution in [3.8, 4) is 0 Å². The largest absolute Gasteiger partial charge is 0.244 e. The Hall–Kier alpha value is -0.890. The summed E-state index contributed by atoms with van der Waals surface area (Å²) in [6.07, 6.45) is 2.82. The molecule has 0 aliphatic rings. The van der Waals surface area contributed by atoms with Crippen molar-refractivity contribution in [1.29, 1.82) is 0 Å². The molecule has 12 heavy (non-hydrogen) atoms. The molecule has 0 aliphatic carbocycles. The Kier molecular flexibility index (Phi) is 3.23. The average Bonchev–Trinajstić information content (AvgIpc) is 2.06. The Morgan fingerprint density at radius 2 is 2.33 bits per heavy atom. The van der Waals surface area contributed by atoms with Crippen LogP contribution in [-0.2, 0) is 4.79 Å². The van der Waals surface area contributed by atoms with E-state index in [1.807, 2.05) is 0 Å². The maximum absolute atomic E-state index is 9.83. The molecule has 0 N–H and O–H groups in total. The molecular weight excluding hydrogens is 199 g/mol. The quantitative estimate of drug-likeness (QED) is 0.243. The molecule has 1 atom stereocenters. The zero-order chi connectivity index (χ0) is 8.97. The van der Waals surface area contributed by atoms with E-state index in [-0.39, 0.29) is 0 Å². The Bertz CT molecular complexity index is 306. The molecule has 0 fully saturated rings. The minimum atomic E-state index is -0.729. The minimum absolute atomic E-state index is 0.373. The lowest BCUT2D eigenvalue weighted by Gasteiger charge is -1.99. The van der Waals surface area contributed by atoms with Gasteiger partial charge in [0, 0.05) is 11.8 Å². The lowest BCUT2D eigenvalue weighted by molar-refractivity contribution is 0.562. The summed E-state index contributed by atoms with van der Waals surface area (Å²) in [5.74, 6) is 0. The summed E-state index contributed by atoms with van der Waals surface area (Å²) in [7, 11) is 0. The van der Waals surface area contributed by atoms with Gasteiger partial charge in [0.2, 0.25) is 6.08 Å². The second-order valence-corrected chi connectivity index (χ2v) is 2.77. The molecule has 0 bridgehead atoms. The van der Waals surface area contributed by atoms with E-state index in [4.69, 9.17) is 23.2 Å². The molecule has 0 saturated carbocycles. The Balaban J connectivity index is 2.89. The van der Waals surface area contributed by atoms with E-state index in [1.165, 1.54) is 12.3 Å². The van der Waals surface area contributed by atoms with Crippen LogP contribution in [0.5, 0.6) is 0 Å². The van der Waals surface area contributed by atoms with Gasteiger partial charge in [-0.25, -0.2) is 9.78 Å². The third-order valence-corrected chi connectivity index (χ3v) is 1.76. The standard InChI is InChI=1S/C7H4Cl2N2O/c8-6-2-1-5(3-10-6)7(9)11-4-12/h1-3,7H/t7-/m1/s1. The van der Waals surface area contributed by atoms with Crippen molar-refractivity contribution in [3.05, 3.63) is 29.0 Å². The monoisotopic (exact) mass is 202 g/mol. The number of aromatic nitrogens is 1. The van der Waals surface area contributed by atoms with Crippen LogP contribution in [0.4, 0.5) is 0 Å². The normalized spacial score (nSPS) is 11.8. The number of hydrogen-bond acceptors (Lipinski definition) is 3. The number of halogens is 2. The zero-order valence-corrected chi connectivity index (χ0v) is 7.38. The number of aliphatic imine (C=N–C) groups is 1. The second-order valence-electron chi connectivity index (χ2n) is 1.97. The molecule has 0 amide bonds. The fourth-order valence-electron chi connectivity index (χ4n) is 0.649. The number of alkyl halides is 1. The first-order valence-electron chi connectivity index (χ1n) is 3.06. The molecule has 1 aromatic rings. The molecule has 0 aromatic carbocycles. The predicted octanol–water partition coefficient (Wildman–Crippen LogP) is 2.31. The summed E-state index contributed by atoms with van der Waals surface area (Å²) >= 11 is 11.2. The van der Waals surface area contributed by atoms with Crippen LogP contribution in [0.25, 0.3) is 0 Å². The van der Waals surface area contributed by atoms with E-state index in [2.05, 4.69) is 9.98 Å². The van der Waals surface area contributed by atoms with E-state index in [0.29, 0.717) is 10.7 Å². The van der Waals surface area contributed by atoms with Gasteiger partial charge in [0.15, 0.2) is 5.50 Å². The van der Waals surface area contributed by atoms with Gasteiger partial charge in [-0.2, -0.15) is 4.99 Å². The number of carbonyl (C=O) groups excluding carboxylic acids is 1. The second kappa shape index (κ2) is 4.21. The minimum Gasteiger partial charge on any atom is -0.244 e. The molecule has 0 aliphatic heterocycles. The van der Waals surface area contributed by atoms with E-state index in [1.54, 1.807) is 12.1 Å². The van der Waals surface area contributed by atoms with Gasteiger partial charge in [-0.05, 0) is 6.07 Å². The highest BCUT2D eigenvalue weighted by atomic mass is 35.5. The summed E-state index contributed by atoms with van der Waals surface area (Å²) in [6.45, 7) is 0. The molecular formula is C7H4Cl2N2O. The van der Waals surface area contributed by atoms with Crippen LogP contribution in [0.1, 0.15) is 11.1 Å². The van der Waals surface area contributed by atoms with Gasteiger partial charge >= 0.3 is 0 Å². The lowest BCUT2D eigenvalue weighted by atomic mass is 10.3. The van der Waals surface area contributed by atoms with Gasteiger partial charge in [0.1, 0.15) is 5.15 Å². The molecule has 5 heteroatoms. The van der Waals surface area contributed by atoms with E-state index < -0.39 is 5.50 Å². The molecule has 0 saturated heterocycles. The van der Waals surface area contributed by atoms with Gasteiger partial charge in [-0.3, -0.25) is 0 Å². The van der Waals surface area contributed by atoms with Gasteiger partial charge in [0.25, 0.3) is 0 Å². The van der Waals surface area contributed by atoms with Gasteiger partial charge in [0.05, 0.1) is 0 Å². The molecule has 0 spiro atoms. The van der Waals surface area contributed by atoms with Crippen LogP contribution in [0.2, 0.25) is 5.15 Å². The fraction of sp³-hybridized carbons (Fsp3) is 0.143. The topological polar surface area (TPSA) is 42.3 Å². The van der Waals surface area contributed by atoms with Crippen molar-refractivity contribution in [2.45, 2.75) is 5.50 Å². The Labute approximate surface area is 79.0 Å². The van der Waals surface area contributed by atoms with Crippen molar-refractivity contribution < 1.29 is 4.79 Å². The van der Waals surface area contributed by atoms with Crippen LogP contribution < -0.4 is 0 Å². The van der Waals surface area contributed by atoms with Gasteiger partial charge < -0.3 is 0 Å². The SMILES string of the molecule is O=C=N[C@@H](Cl)c1ccc(Cl)nc1. The van der Waals surface area contributed by atoms with Crippen molar-refractivity contribution >= 4 is 29.3 Å². The van der Waals surface area contributed by atoms with E-state index in [0.717, 1.165) is 0 Å². The van der Waals surface area contributed by atoms with Crippen LogP contribution in [0.15, 0.2) is 23.3 Å². The smallest absolute Gasteiger partial charge is 0.236 e. The number of isocyanates is 1. The Morgan fingerprint density at radius 1 is 1.58 bits per heavy atom. The first-order valence-corrected chi connectivity index (χ1v) is 3.88. The van der Waals surface area contributed by atoms with Crippen molar-refractivity contribution in [2.75, 3.05) is 0 Å².